The number of thiophene rings is 1. The van der Waals surface area contributed by atoms with E-state index in [1.165, 1.54) is 11.3 Å². The number of likely N-dealkylation sites (N-methyl/N-ethyl adjacent to an activating group) is 2. The van der Waals surface area contributed by atoms with E-state index in [0.29, 0.717) is 36.2 Å². The van der Waals surface area contributed by atoms with Gasteiger partial charge in [0.05, 0.1) is 19.2 Å². The second-order valence-corrected chi connectivity index (χ2v) is 7.69. The van der Waals surface area contributed by atoms with Crippen molar-refractivity contribution in [3.63, 3.8) is 0 Å². The third-order valence-electron chi connectivity index (χ3n) is 4.60. The summed E-state index contributed by atoms with van der Waals surface area (Å²) in [7, 11) is 1.82. The van der Waals surface area contributed by atoms with Gasteiger partial charge in [0.1, 0.15) is 5.00 Å². The number of quaternary nitrogens is 1. The Morgan fingerprint density at radius 1 is 1.22 bits per heavy atom. The van der Waals surface area contributed by atoms with Crippen molar-refractivity contribution < 1.29 is 24.0 Å². The van der Waals surface area contributed by atoms with Crippen molar-refractivity contribution in [3.8, 4) is 0 Å². The van der Waals surface area contributed by atoms with E-state index in [-0.39, 0.29) is 30.9 Å². The van der Waals surface area contributed by atoms with Gasteiger partial charge in [-0.25, -0.2) is 4.79 Å². The van der Waals surface area contributed by atoms with Crippen molar-refractivity contribution >= 4 is 34.1 Å². The number of amides is 2. The average Bonchev–Trinajstić information content (AvgIpc) is 3.36. The summed E-state index contributed by atoms with van der Waals surface area (Å²) < 4.78 is 5.17. The van der Waals surface area contributed by atoms with Gasteiger partial charge in [-0.1, -0.05) is 0 Å². The number of carbonyl (C=O) groups excluding carboxylic acids is 3. The van der Waals surface area contributed by atoms with E-state index in [1.54, 1.807) is 11.8 Å². The van der Waals surface area contributed by atoms with Gasteiger partial charge in [-0.05, 0) is 50.5 Å². The molecule has 1 saturated carbocycles. The van der Waals surface area contributed by atoms with Gasteiger partial charge >= 0.3 is 5.97 Å². The molecule has 0 radical (unpaired) electrons. The molecule has 1 aromatic rings. The van der Waals surface area contributed by atoms with Gasteiger partial charge in [0, 0.05) is 13.1 Å². The molecule has 8 heteroatoms. The van der Waals surface area contributed by atoms with Crippen LogP contribution in [0.15, 0.2) is 5.38 Å². The molecule has 1 aromatic heterocycles. The van der Waals surface area contributed by atoms with Crippen molar-refractivity contribution in [1.82, 2.24) is 4.90 Å². The van der Waals surface area contributed by atoms with Gasteiger partial charge in [-0.2, -0.15) is 0 Å². The Bertz CT molecular complexity index is 680. The minimum absolute atomic E-state index is 0.0321. The van der Waals surface area contributed by atoms with E-state index in [1.807, 2.05) is 26.3 Å². The van der Waals surface area contributed by atoms with Crippen LogP contribution in [0.25, 0.3) is 0 Å². The topological polar surface area (TPSA) is 80.1 Å². The zero-order valence-electron chi connectivity index (χ0n) is 16.6. The van der Waals surface area contributed by atoms with Crippen molar-refractivity contribution in [3.05, 3.63) is 16.5 Å². The van der Waals surface area contributed by atoms with Crippen LogP contribution < -0.4 is 10.2 Å². The Morgan fingerprint density at radius 2 is 1.89 bits per heavy atom. The summed E-state index contributed by atoms with van der Waals surface area (Å²) in [4.78, 5) is 39.5. The Morgan fingerprint density at radius 3 is 2.44 bits per heavy atom. The number of nitrogens with one attached hydrogen (secondary N) is 2. The molecule has 0 saturated heterocycles. The smallest absolute Gasteiger partial charge is 0.341 e. The fourth-order valence-electron chi connectivity index (χ4n) is 3.03. The summed E-state index contributed by atoms with van der Waals surface area (Å²) in [6, 6.07) is 0. The normalized spacial score (nSPS) is 14.5. The summed E-state index contributed by atoms with van der Waals surface area (Å²) in [5.41, 5.74) is 1.47. The standard InChI is InChI=1S/C19H29N3O4S/c1-5-22(6-2)16(24)11-21(4)10-15(23)20-18-17(19(25)26-7-3)14(12-27-18)13-8-9-13/h12-13H,5-11H2,1-4H3,(H,20,23)/p+1. The molecule has 7 nitrogen and oxygen atoms in total. The SMILES string of the molecule is CCOC(=O)c1c(C2CC2)csc1NC(=O)C[NH+](C)CC(=O)N(CC)CC. The Hall–Kier alpha value is -1.93. The Labute approximate surface area is 164 Å². The van der Waals surface area contributed by atoms with E-state index in [0.717, 1.165) is 23.3 Å². The highest BCUT2D eigenvalue weighted by atomic mass is 32.1. The van der Waals surface area contributed by atoms with Gasteiger partial charge in [0.2, 0.25) is 0 Å². The summed E-state index contributed by atoms with van der Waals surface area (Å²) in [6.07, 6.45) is 2.13. The molecule has 27 heavy (non-hydrogen) atoms. The third-order valence-corrected chi connectivity index (χ3v) is 5.51. The first-order valence-corrected chi connectivity index (χ1v) is 10.5. The second kappa shape index (κ2) is 9.85. The lowest BCUT2D eigenvalue weighted by atomic mass is 10.1. The molecule has 0 aromatic carbocycles. The molecular formula is C19H30N3O4S+. The van der Waals surface area contributed by atoms with E-state index in [4.69, 9.17) is 4.74 Å². The first-order valence-electron chi connectivity index (χ1n) is 9.58. The summed E-state index contributed by atoms with van der Waals surface area (Å²) in [5.74, 6) is -0.168. The molecular weight excluding hydrogens is 366 g/mol. The maximum Gasteiger partial charge on any atom is 0.341 e. The van der Waals surface area contributed by atoms with Crippen LogP contribution in [0.5, 0.6) is 0 Å². The first kappa shape index (κ1) is 21.4. The van der Waals surface area contributed by atoms with Crippen molar-refractivity contribution in [2.75, 3.05) is 45.2 Å². The largest absolute Gasteiger partial charge is 0.462 e. The van der Waals surface area contributed by atoms with Gasteiger partial charge < -0.3 is 19.9 Å². The minimum Gasteiger partial charge on any atom is -0.462 e. The fourth-order valence-corrected chi connectivity index (χ4v) is 4.07. The highest BCUT2D eigenvalue weighted by Gasteiger charge is 2.32. The summed E-state index contributed by atoms with van der Waals surface area (Å²) in [6.45, 7) is 7.69. The molecule has 1 heterocycles. The van der Waals surface area contributed by atoms with E-state index >= 15 is 0 Å². The lowest BCUT2D eigenvalue weighted by Gasteiger charge is -2.20. The van der Waals surface area contributed by atoms with Gasteiger partial charge in [-0.3, -0.25) is 9.59 Å². The van der Waals surface area contributed by atoms with Crippen LogP contribution in [0.1, 0.15) is 55.5 Å². The van der Waals surface area contributed by atoms with Crippen LogP contribution in [-0.2, 0) is 14.3 Å². The minimum atomic E-state index is -0.381. The molecule has 1 aliphatic rings. The molecule has 0 spiro atoms. The van der Waals surface area contributed by atoms with Crippen LogP contribution in [-0.4, -0.2) is 62.5 Å². The zero-order valence-corrected chi connectivity index (χ0v) is 17.4. The first-order chi connectivity index (χ1) is 12.9. The van der Waals surface area contributed by atoms with Crippen LogP contribution in [0.3, 0.4) is 0 Å². The molecule has 2 amide bonds. The molecule has 1 aliphatic carbocycles. The molecule has 1 fully saturated rings. The van der Waals surface area contributed by atoms with E-state index < -0.39 is 0 Å². The predicted octanol–water partition coefficient (Wildman–Crippen LogP) is 1.12. The fraction of sp³-hybridized carbons (Fsp3) is 0.632. The van der Waals surface area contributed by atoms with Gasteiger partial charge in [0.25, 0.3) is 11.8 Å². The maximum absolute atomic E-state index is 12.4. The number of ether oxygens (including phenoxy) is 1. The van der Waals surface area contributed by atoms with Gasteiger partial charge in [0.15, 0.2) is 13.1 Å². The van der Waals surface area contributed by atoms with Crippen molar-refractivity contribution in [1.29, 1.82) is 0 Å². The van der Waals surface area contributed by atoms with E-state index in [9.17, 15) is 14.4 Å². The van der Waals surface area contributed by atoms with Crippen LogP contribution >= 0.6 is 11.3 Å². The molecule has 1 atom stereocenters. The lowest BCUT2D eigenvalue weighted by Crippen LogP contribution is -3.11. The lowest BCUT2D eigenvalue weighted by molar-refractivity contribution is -0.862. The molecule has 2 rings (SSSR count). The predicted molar refractivity (Wildman–Crippen MR) is 105 cm³/mol. The van der Waals surface area contributed by atoms with Crippen LogP contribution in [0.2, 0.25) is 0 Å². The quantitative estimate of drug-likeness (QED) is 0.581. The van der Waals surface area contributed by atoms with Crippen molar-refractivity contribution in [2.45, 2.75) is 39.5 Å². The van der Waals surface area contributed by atoms with Crippen molar-refractivity contribution in [2.24, 2.45) is 0 Å². The third kappa shape index (κ3) is 5.77. The molecule has 1 unspecified atom stereocenters. The highest BCUT2D eigenvalue weighted by molar-refractivity contribution is 7.15. The van der Waals surface area contributed by atoms with Crippen LogP contribution in [0.4, 0.5) is 5.00 Å². The van der Waals surface area contributed by atoms with Crippen LogP contribution in [0, 0.1) is 0 Å². The molecule has 150 valence electrons. The molecule has 0 bridgehead atoms. The number of nitrogens with zero attached hydrogens (tertiary/aromatic N) is 1. The monoisotopic (exact) mass is 396 g/mol. The number of rotatable bonds is 10. The number of esters is 1. The molecule has 0 aliphatic heterocycles. The highest BCUT2D eigenvalue weighted by Crippen LogP contribution is 2.46. The second-order valence-electron chi connectivity index (χ2n) is 6.81. The summed E-state index contributed by atoms with van der Waals surface area (Å²) in [5, 5.41) is 5.34. The average molecular weight is 397 g/mol. The summed E-state index contributed by atoms with van der Waals surface area (Å²) >= 11 is 1.36. The maximum atomic E-state index is 12.4. The number of hydrogen-bond donors (Lipinski definition) is 2. The Balaban J connectivity index is 1.99. The number of carbonyl (C=O) groups is 3. The van der Waals surface area contributed by atoms with E-state index in [2.05, 4.69) is 5.32 Å². The number of hydrogen-bond acceptors (Lipinski definition) is 5. The zero-order chi connectivity index (χ0) is 20.0. The Kier molecular flexibility index (Phi) is 7.79. The molecule has 2 N–H and O–H groups in total. The number of anilines is 1. The van der Waals surface area contributed by atoms with Gasteiger partial charge in [-0.15, -0.1) is 11.3 Å².